The molecule has 2 heterocycles. The summed E-state index contributed by atoms with van der Waals surface area (Å²) in [5.74, 6) is -0.288. The fourth-order valence-electron chi connectivity index (χ4n) is 3.67. The van der Waals surface area contributed by atoms with Gasteiger partial charge in [-0.2, -0.15) is 9.29 Å². The maximum atomic E-state index is 13.0. The average molecular weight is 483 g/mol. The zero-order valence-corrected chi connectivity index (χ0v) is 19.4. The molecular formula is C23H26N6O4S. The Morgan fingerprint density at radius 1 is 1.09 bits per heavy atom. The van der Waals surface area contributed by atoms with E-state index in [2.05, 4.69) is 20.6 Å². The van der Waals surface area contributed by atoms with Crippen LogP contribution in [0.15, 0.2) is 59.6 Å². The number of nitrogens with two attached hydrogens (primary N) is 1. The molecule has 1 aliphatic heterocycles. The summed E-state index contributed by atoms with van der Waals surface area (Å²) in [5.41, 5.74) is 7.82. The number of nitrogens with zero attached hydrogens (tertiary/aromatic N) is 3. The fourth-order valence-corrected chi connectivity index (χ4v) is 5.19. The number of sulfonamides is 1. The number of aromatic nitrogens is 2. The number of aryl methyl sites for hydroxylation is 1. The van der Waals surface area contributed by atoms with E-state index in [4.69, 9.17) is 5.73 Å². The predicted molar refractivity (Wildman–Crippen MR) is 129 cm³/mol. The van der Waals surface area contributed by atoms with Crippen LogP contribution in [0.5, 0.6) is 0 Å². The van der Waals surface area contributed by atoms with Crippen LogP contribution in [0.4, 0.5) is 23.1 Å². The molecule has 1 fully saturated rings. The lowest BCUT2D eigenvalue weighted by Gasteiger charge is -2.28. The second kappa shape index (κ2) is 9.75. The summed E-state index contributed by atoms with van der Waals surface area (Å²) in [5, 5.41) is 15.8. The van der Waals surface area contributed by atoms with Gasteiger partial charge in [0.15, 0.2) is 0 Å². The van der Waals surface area contributed by atoms with Crippen molar-refractivity contribution in [3.8, 4) is 0 Å². The van der Waals surface area contributed by atoms with E-state index in [-0.39, 0.29) is 35.3 Å². The quantitative estimate of drug-likeness (QED) is 0.401. The molecule has 11 heteroatoms. The first-order valence-corrected chi connectivity index (χ1v) is 12.2. The van der Waals surface area contributed by atoms with Gasteiger partial charge < -0.3 is 21.5 Å². The Morgan fingerprint density at radius 3 is 2.44 bits per heavy atom. The number of carbonyl (C=O) groups is 1. The Hall–Kier alpha value is -3.54. The molecule has 0 atom stereocenters. The maximum Gasteiger partial charge on any atom is 0.254 e. The lowest BCUT2D eigenvalue weighted by atomic mass is 10.1. The summed E-state index contributed by atoms with van der Waals surface area (Å²) >= 11 is 0. The number of amides is 1. The Morgan fingerprint density at radius 2 is 1.76 bits per heavy atom. The van der Waals surface area contributed by atoms with Crippen LogP contribution in [-0.2, 0) is 10.0 Å². The maximum absolute atomic E-state index is 13.0. The molecule has 1 aliphatic rings. The largest absolute Gasteiger partial charge is 0.393 e. The van der Waals surface area contributed by atoms with Crippen molar-refractivity contribution >= 4 is 39.1 Å². The van der Waals surface area contributed by atoms with Crippen molar-refractivity contribution in [1.29, 1.82) is 0 Å². The summed E-state index contributed by atoms with van der Waals surface area (Å²) in [6.45, 7) is 2.49. The molecule has 0 spiro atoms. The van der Waals surface area contributed by atoms with Gasteiger partial charge in [0.05, 0.1) is 11.0 Å². The molecule has 34 heavy (non-hydrogen) atoms. The second-order valence-corrected chi connectivity index (χ2v) is 10.0. The minimum absolute atomic E-state index is 0.121. The van der Waals surface area contributed by atoms with E-state index >= 15 is 0 Å². The van der Waals surface area contributed by atoms with Gasteiger partial charge >= 0.3 is 0 Å². The van der Waals surface area contributed by atoms with Crippen molar-refractivity contribution in [1.82, 2.24) is 14.3 Å². The average Bonchev–Trinajstić information content (AvgIpc) is 2.79. The number of piperidine rings is 1. The lowest BCUT2D eigenvalue weighted by Crippen LogP contribution is -2.39. The highest BCUT2D eigenvalue weighted by molar-refractivity contribution is 7.89. The Labute approximate surface area is 197 Å². The molecular weight excluding hydrogens is 456 g/mol. The van der Waals surface area contributed by atoms with E-state index in [0.29, 0.717) is 18.5 Å². The summed E-state index contributed by atoms with van der Waals surface area (Å²) < 4.78 is 27.4. The van der Waals surface area contributed by atoms with E-state index in [1.807, 2.05) is 31.2 Å². The van der Waals surface area contributed by atoms with Gasteiger partial charge in [0, 0.05) is 30.7 Å². The molecule has 0 unspecified atom stereocenters. The van der Waals surface area contributed by atoms with E-state index in [1.54, 1.807) is 12.1 Å². The third kappa shape index (κ3) is 5.33. The zero-order valence-electron chi connectivity index (χ0n) is 18.6. The van der Waals surface area contributed by atoms with Gasteiger partial charge in [-0.3, -0.25) is 4.79 Å². The molecule has 1 aromatic heterocycles. The molecule has 0 bridgehead atoms. The standard InChI is InChI=1S/C23H26N6O4S/c1-15-4-2-5-16(12-15)26-22-20(21(24)31)14-25-23(28-22)27-17-6-3-7-19(13-17)34(32,33)29-10-8-18(30)9-11-29/h2-7,12-14,18,30H,8-11H2,1H3,(H2,24,31)(H2,25,26,27,28). The van der Waals surface area contributed by atoms with Crippen LogP contribution in [-0.4, -0.2) is 52.9 Å². The van der Waals surface area contributed by atoms with E-state index in [9.17, 15) is 18.3 Å². The number of anilines is 4. The third-order valence-corrected chi connectivity index (χ3v) is 7.38. The fraction of sp³-hybridized carbons (Fsp3) is 0.261. The monoisotopic (exact) mass is 482 g/mol. The number of carbonyl (C=O) groups excluding carboxylic acids is 1. The molecule has 0 radical (unpaired) electrons. The molecule has 0 aliphatic carbocycles. The van der Waals surface area contributed by atoms with Crippen molar-refractivity contribution in [3.63, 3.8) is 0 Å². The SMILES string of the molecule is Cc1cccc(Nc2nc(Nc3cccc(S(=O)(=O)N4CCC(O)CC4)c3)ncc2C(N)=O)c1. The van der Waals surface area contributed by atoms with Gasteiger partial charge in [0.25, 0.3) is 5.91 Å². The van der Waals surface area contributed by atoms with E-state index < -0.39 is 22.0 Å². The molecule has 4 rings (SSSR count). The highest BCUT2D eigenvalue weighted by atomic mass is 32.2. The van der Waals surface area contributed by atoms with Crippen molar-refractivity contribution in [3.05, 3.63) is 65.9 Å². The van der Waals surface area contributed by atoms with Crippen molar-refractivity contribution in [2.24, 2.45) is 5.73 Å². The number of rotatable bonds is 7. The molecule has 0 saturated carbocycles. The highest BCUT2D eigenvalue weighted by Crippen LogP contribution is 2.25. The van der Waals surface area contributed by atoms with Crippen LogP contribution in [0, 0.1) is 6.92 Å². The number of hydrogen-bond acceptors (Lipinski definition) is 8. The lowest BCUT2D eigenvalue weighted by molar-refractivity contribution is 0.1000. The summed E-state index contributed by atoms with van der Waals surface area (Å²) in [4.78, 5) is 20.5. The molecule has 178 valence electrons. The van der Waals surface area contributed by atoms with Gasteiger partial charge in [-0.05, 0) is 55.7 Å². The topological polar surface area (TPSA) is 151 Å². The highest BCUT2D eigenvalue weighted by Gasteiger charge is 2.28. The van der Waals surface area contributed by atoms with E-state index in [0.717, 1.165) is 11.3 Å². The molecule has 1 amide bonds. The van der Waals surface area contributed by atoms with Crippen molar-refractivity contribution < 1.29 is 18.3 Å². The van der Waals surface area contributed by atoms with Gasteiger partial charge in [0.2, 0.25) is 16.0 Å². The van der Waals surface area contributed by atoms with Crippen LogP contribution >= 0.6 is 0 Å². The second-order valence-electron chi connectivity index (χ2n) is 8.10. The van der Waals surface area contributed by atoms with Crippen LogP contribution in [0.1, 0.15) is 28.8 Å². The van der Waals surface area contributed by atoms with Crippen molar-refractivity contribution in [2.45, 2.75) is 30.8 Å². The Bertz CT molecular complexity index is 1310. The summed E-state index contributed by atoms with van der Waals surface area (Å²) in [7, 11) is -3.70. The van der Waals surface area contributed by atoms with Crippen LogP contribution in [0.2, 0.25) is 0 Å². The van der Waals surface area contributed by atoms with Crippen LogP contribution in [0.3, 0.4) is 0 Å². The molecule has 10 nitrogen and oxygen atoms in total. The smallest absolute Gasteiger partial charge is 0.254 e. The van der Waals surface area contributed by atoms with Gasteiger partial charge in [-0.25, -0.2) is 13.4 Å². The Balaban J connectivity index is 1.58. The van der Waals surface area contributed by atoms with Crippen molar-refractivity contribution in [2.75, 3.05) is 23.7 Å². The summed E-state index contributed by atoms with van der Waals surface area (Å²) in [6.07, 6.45) is 1.67. The molecule has 2 aromatic carbocycles. The van der Waals surface area contributed by atoms with Gasteiger partial charge in [0.1, 0.15) is 11.4 Å². The predicted octanol–water partition coefficient (Wildman–Crippen LogP) is 2.52. The minimum Gasteiger partial charge on any atom is -0.393 e. The van der Waals surface area contributed by atoms with Crippen LogP contribution < -0.4 is 16.4 Å². The first-order chi connectivity index (χ1) is 16.2. The number of primary amides is 1. The third-order valence-electron chi connectivity index (χ3n) is 5.49. The first kappa shape index (κ1) is 23.6. The number of aliphatic hydroxyl groups is 1. The van der Waals surface area contributed by atoms with Crippen LogP contribution in [0.25, 0.3) is 0 Å². The number of benzene rings is 2. The van der Waals surface area contributed by atoms with E-state index in [1.165, 1.54) is 22.6 Å². The minimum atomic E-state index is -3.70. The summed E-state index contributed by atoms with van der Waals surface area (Å²) in [6, 6.07) is 13.9. The van der Waals surface area contributed by atoms with Gasteiger partial charge in [-0.15, -0.1) is 0 Å². The molecule has 3 aromatic rings. The number of hydrogen-bond donors (Lipinski definition) is 4. The number of nitrogens with one attached hydrogen (secondary N) is 2. The molecule has 1 saturated heterocycles. The first-order valence-electron chi connectivity index (χ1n) is 10.8. The van der Waals surface area contributed by atoms with Gasteiger partial charge in [-0.1, -0.05) is 18.2 Å². The molecule has 5 N–H and O–H groups in total. The number of aliphatic hydroxyl groups excluding tert-OH is 1. The normalized spacial score (nSPS) is 15.1. The Kier molecular flexibility index (Phi) is 6.77. The zero-order chi connectivity index (χ0) is 24.3.